The van der Waals surface area contributed by atoms with Gasteiger partial charge in [0, 0.05) is 12.8 Å². The maximum absolute atomic E-state index is 12.8. The Hall–Kier alpha value is -2.03. The fourth-order valence-electron chi connectivity index (χ4n) is 8.96. The third-order valence-electron chi connectivity index (χ3n) is 13.8. The monoisotopic (exact) mass is 1060 g/mol. The first-order valence-corrected chi connectivity index (χ1v) is 32.9. The van der Waals surface area contributed by atoms with E-state index in [9.17, 15) is 19.0 Å². The van der Waals surface area contributed by atoms with Crippen molar-refractivity contribution in [1.82, 2.24) is 0 Å². The summed E-state index contributed by atoms with van der Waals surface area (Å²) >= 11 is 0. The van der Waals surface area contributed by atoms with E-state index in [1.165, 1.54) is 218 Å². The van der Waals surface area contributed by atoms with Crippen molar-refractivity contribution in [2.45, 2.75) is 302 Å². The highest BCUT2D eigenvalue weighted by atomic mass is 31.2. The average Bonchev–Trinajstić information content (AvgIpc) is 3.36. The van der Waals surface area contributed by atoms with E-state index in [4.69, 9.17) is 18.5 Å². The number of carbonyl (C=O) groups is 2. The van der Waals surface area contributed by atoms with Crippen molar-refractivity contribution in [3.8, 4) is 0 Å². The number of carbonyl (C=O) groups excluding carboxylic acids is 2. The molecule has 10 heteroatoms. The minimum atomic E-state index is -4.39. The normalized spacial score (nSPS) is 13.5. The molecule has 434 valence electrons. The van der Waals surface area contributed by atoms with E-state index < -0.39 is 26.5 Å². The Morgan fingerprint density at radius 2 is 0.730 bits per heavy atom. The van der Waals surface area contributed by atoms with Gasteiger partial charge in [0.1, 0.15) is 19.8 Å². The molecule has 0 aliphatic heterocycles. The van der Waals surface area contributed by atoms with Gasteiger partial charge in [-0.2, -0.15) is 0 Å². The van der Waals surface area contributed by atoms with Crippen molar-refractivity contribution in [3.05, 3.63) is 48.6 Å². The molecular weight excluding hydrogens is 942 g/mol. The topological polar surface area (TPSA) is 108 Å². The second-order valence-electron chi connectivity index (χ2n) is 22.4. The minimum absolute atomic E-state index is 0.0318. The predicted octanol–water partition coefficient (Wildman–Crippen LogP) is 19.7. The van der Waals surface area contributed by atoms with Crippen LogP contribution in [0.15, 0.2) is 48.6 Å². The van der Waals surface area contributed by atoms with E-state index in [0.717, 1.165) is 44.9 Å². The van der Waals surface area contributed by atoms with Gasteiger partial charge in [0.15, 0.2) is 6.10 Å². The molecule has 2 unspecified atom stereocenters. The Labute approximate surface area is 458 Å². The summed E-state index contributed by atoms with van der Waals surface area (Å²) in [5.41, 5.74) is 0. The number of unbranched alkanes of at least 4 members (excludes halogenated alkanes) is 36. The highest BCUT2D eigenvalue weighted by Crippen LogP contribution is 2.43. The van der Waals surface area contributed by atoms with Crippen molar-refractivity contribution < 1.29 is 42.1 Å². The van der Waals surface area contributed by atoms with Crippen LogP contribution in [0.3, 0.4) is 0 Å². The first kappa shape index (κ1) is 72.0. The zero-order valence-electron chi connectivity index (χ0n) is 49.3. The van der Waals surface area contributed by atoms with Crippen LogP contribution in [0.5, 0.6) is 0 Å². The van der Waals surface area contributed by atoms with Gasteiger partial charge in [0.05, 0.1) is 27.7 Å². The Kier molecular flexibility index (Phi) is 54.2. The van der Waals surface area contributed by atoms with Crippen LogP contribution in [0, 0.1) is 0 Å². The van der Waals surface area contributed by atoms with E-state index in [2.05, 4.69) is 62.5 Å². The molecular formula is C64H121NO8P+. The highest BCUT2D eigenvalue weighted by molar-refractivity contribution is 7.47. The van der Waals surface area contributed by atoms with E-state index in [0.29, 0.717) is 17.4 Å². The van der Waals surface area contributed by atoms with Gasteiger partial charge in [-0.25, -0.2) is 4.57 Å². The zero-order valence-corrected chi connectivity index (χ0v) is 50.2. The number of rotatable bonds is 58. The van der Waals surface area contributed by atoms with Gasteiger partial charge in [-0.05, 0) is 77.0 Å². The van der Waals surface area contributed by atoms with Crippen molar-refractivity contribution in [2.24, 2.45) is 0 Å². The Morgan fingerprint density at radius 1 is 0.419 bits per heavy atom. The summed E-state index contributed by atoms with van der Waals surface area (Å²) in [6, 6.07) is 0. The minimum Gasteiger partial charge on any atom is -0.462 e. The van der Waals surface area contributed by atoms with Gasteiger partial charge in [-0.1, -0.05) is 255 Å². The molecule has 0 aromatic rings. The first-order valence-electron chi connectivity index (χ1n) is 31.4. The van der Waals surface area contributed by atoms with Crippen molar-refractivity contribution >= 4 is 19.8 Å². The number of hydrogen-bond acceptors (Lipinski definition) is 7. The molecule has 0 saturated carbocycles. The molecule has 0 aromatic heterocycles. The number of quaternary nitrogens is 1. The molecule has 0 amide bonds. The molecule has 2 atom stereocenters. The number of phosphoric ester groups is 1. The SMILES string of the molecule is CCCCC/C=C\C/C=C\CCCCCCCCCCCC(=O)OCC(COP(=O)(O)OCC[N+](C)(C)C)OC(=O)CCCCCCCCCCCCCCCCCCCCC/C=C\C/C=C\CCCCCCC. The Balaban J connectivity index is 4.05. The lowest BCUT2D eigenvalue weighted by molar-refractivity contribution is -0.870. The van der Waals surface area contributed by atoms with Crippen LogP contribution in [-0.2, 0) is 32.7 Å². The summed E-state index contributed by atoms with van der Waals surface area (Å²) in [5.74, 6) is -0.790. The summed E-state index contributed by atoms with van der Waals surface area (Å²) in [6.07, 6.45) is 70.5. The largest absolute Gasteiger partial charge is 0.472 e. The number of nitrogens with zero attached hydrogens (tertiary/aromatic N) is 1. The van der Waals surface area contributed by atoms with Crippen LogP contribution in [0.2, 0.25) is 0 Å². The number of phosphoric acid groups is 1. The molecule has 0 spiro atoms. The Morgan fingerprint density at radius 3 is 1.09 bits per heavy atom. The molecule has 0 aliphatic carbocycles. The summed E-state index contributed by atoms with van der Waals surface area (Å²) < 4.78 is 34.6. The lowest BCUT2D eigenvalue weighted by atomic mass is 10.0. The maximum Gasteiger partial charge on any atom is 0.472 e. The van der Waals surface area contributed by atoms with Crippen molar-refractivity contribution in [3.63, 3.8) is 0 Å². The van der Waals surface area contributed by atoms with Crippen LogP contribution in [0.1, 0.15) is 296 Å². The van der Waals surface area contributed by atoms with Crippen LogP contribution < -0.4 is 0 Å². The molecule has 1 N–H and O–H groups in total. The zero-order chi connectivity index (χ0) is 54.2. The van der Waals surface area contributed by atoms with E-state index in [1.807, 2.05) is 21.1 Å². The van der Waals surface area contributed by atoms with Gasteiger partial charge in [0.25, 0.3) is 0 Å². The second kappa shape index (κ2) is 55.7. The average molecular weight is 1060 g/mol. The van der Waals surface area contributed by atoms with Gasteiger partial charge in [-0.3, -0.25) is 18.6 Å². The maximum atomic E-state index is 12.8. The lowest BCUT2D eigenvalue weighted by Gasteiger charge is -2.24. The number of likely N-dealkylation sites (N-methyl/N-ethyl adjacent to an activating group) is 1. The summed E-state index contributed by atoms with van der Waals surface area (Å²) in [6.45, 7) is 4.43. The number of hydrogen-bond donors (Lipinski definition) is 1. The van der Waals surface area contributed by atoms with Gasteiger partial charge in [-0.15, -0.1) is 0 Å². The fourth-order valence-corrected chi connectivity index (χ4v) is 9.70. The first-order chi connectivity index (χ1) is 36.0. The van der Waals surface area contributed by atoms with Crippen molar-refractivity contribution in [2.75, 3.05) is 47.5 Å². The van der Waals surface area contributed by atoms with Crippen LogP contribution in [-0.4, -0.2) is 74.9 Å². The molecule has 0 aliphatic rings. The molecule has 9 nitrogen and oxygen atoms in total. The molecule has 0 heterocycles. The molecule has 0 aromatic carbocycles. The molecule has 0 fully saturated rings. The standard InChI is InChI=1S/C64H120NO8P/c1-6-8-10-12-14-16-18-20-22-24-26-27-28-29-30-31-32-33-34-35-36-37-39-41-43-45-47-49-51-53-55-57-64(67)73-62(61-72-74(68,69)71-59-58-65(3,4)5)60-70-63(66)56-54-52-50-48-46-44-42-40-38-25-23-21-19-17-15-13-11-9-7-2/h15,17-18,20-21,23-24,26,62H,6-14,16,19,22,25,27-61H2,1-5H3/p+1/b17-15-,20-18-,23-21-,26-24-. The third kappa shape index (κ3) is 59.2. The van der Waals surface area contributed by atoms with Gasteiger partial charge >= 0.3 is 19.8 Å². The van der Waals surface area contributed by atoms with E-state index in [1.54, 1.807) is 0 Å². The van der Waals surface area contributed by atoms with Crippen molar-refractivity contribution in [1.29, 1.82) is 0 Å². The second-order valence-corrected chi connectivity index (χ2v) is 23.9. The van der Waals surface area contributed by atoms with E-state index in [-0.39, 0.29) is 32.0 Å². The summed E-state index contributed by atoms with van der Waals surface area (Å²) in [5, 5.41) is 0. The molecule has 0 saturated heterocycles. The molecule has 0 radical (unpaired) electrons. The molecule has 0 bridgehead atoms. The highest BCUT2D eigenvalue weighted by Gasteiger charge is 2.27. The smallest absolute Gasteiger partial charge is 0.462 e. The molecule has 0 rings (SSSR count). The van der Waals surface area contributed by atoms with Gasteiger partial charge in [0.2, 0.25) is 0 Å². The number of ether oxygens (including phenoxy) is 2. The van der Waals surface area contributed by atoms with Gasteiger partial charge < -0.3 is 18.9 Å². The van der Waals surface area contributed by atoms with Crippen LogP contribution in [0.25, 0.3) is 0 Å². The third-order valence-corrected chi connectivity index (χ3v) is 14.8. The van der Waals surface area contributed by atoms with Crippen LogP contribution in [0.4, 0.5) is 0 Å². The summed E-state index contributed by atoms with van der Waals surface area (Å²) in [7, 11) is 1.48. The van der Waals surface area contributed by atoms with E-state index >= 15 is 0 Å². The number of allylic oxidation sites excluding steroid dienone is 8. The Bertz CT molecular complexity index is 1390. The molecule has 74 heavy (non-hydrogen) atoms. The fraction of sp³-hybridized carbons (Fsp3) is 0.844. The number of esters is 2. The summed E-state index contributed by atoms with van der Waals surface area (Å²) in [4.78, 5) is 35.7. The quantitative estimate of drug-likeness (QED) is 0.0211. The van der Waals surface area contributed by atoms with Crippen LogP contribution >= 0.6 is 7.82 Å². The lowest BCUT2D eigenvalue weighted by Crippen LogP contribution is -2.37. The predicted molar refractivity (Wildman–Crippen MR) is 317 cm³/mol.